The summed E-state index contributed by atoms with van der Waals surface area (Å²) in [4.78, 5) is 25.5. The quantitative estimate of drug-likeness (QED) is 0.504. The molecule has 3 rings (SSSR count). The van der Waals surface area contributed by atoms with Gasteiger partial charge in [-0.05, 0) is 75.1 Å². The molecule has 1 fully saturated rings. The Kier molecular flexibility index (Phi) is 7.86. The zero-order valence-corrected chi connectivity index (χ0v) is 20.4. The minimum absolute atomic E-state index is 0.0323. The topological polar surface area (TPSA) is 105 Å². The zero-order chi connectivity index (χ0) is 24.2. The molecule has 33 heavy (non-hydrogen) atoms. The molecule has 0 spiro atoms. The third kappa shape index (κ3) is 7.36. The maximum Gasteiger partial charge on any atom is 0.339 e. The van der Waals surface area contributed by atoms with Gasteiger partial charge in [-0.1, -0.05) is 11.6 Å². The first-order valence-electron chi connectivity index (χ1n) is 10.7. The fourth-order valence-electron chi connectivity index (χ4n) is 3.20. The van der Waals surface area contributed by atoms with Gasteiger partial charge < -0.3 is 19.7 Å². The maximum absolute atomic E-state index is 12.9. The molecule has 8 nitrogen and oxygen atoms in total. The van der Waals surface area contributed by atoms with Crippen molar-refractivity contribution in [1.82, 2.24) is 10.2 Å². The number of amides is 3. The number of hydrogen-bond acceptors (Lipinski definition) is 5. The molecule has 178 valence electrons. The highest BCUT2D eigenvalue weighted by molar-refractivity contribution is 7.87. The summed E-state index contributed by atoms with van der Waals surface area (Å²) < 4.78 is 31.2. The molecule has 0 bridgehead atoms. The summed E-state index contributed by atoms with van der Waals surface area (Å²) in [5.41, 5.74) is 0.959. The molecule has 2 aromatic rings. The fraction of sp³-hybridized carbons (Fsp3) is 0.391. The highest BCUT2D eigenvalue weighted by atomic mass is 35.5. The average Bonchev–Trinajstić information content (AvgIpc) is 3.53. The van der Waals surface area contributed by atoms with Gasteiger partial charge in [0.25, 0.3) is 0 Å². The Hall–Kier alpha value is -2.78. The Labute approximate surface area is 199 Å². The number of benzene rings is 2. The molecule has 1 aliphatic carbocycles. The van der Waals surface area contributed by atoms with Crippen LogP contribution in [-0.2, 0) is 21.5 Å². The van der Waals surface area contributed by atoms with Crippen LogP contribution in [0.15, 0.2) is 47.4 Å². The highest BCUT2D eigenvalue weighted by Gasteiger charge is 2.28. The van der Waals surface area contributed by atoms with Crippen LogP contribution in [0, 0.1) is 5.92 Å². The van der Waals surface area contributed by atoms with Crippen LogP contribution >= 0.6 is 11.6 Å². The van der Waals surface area contributed by atoms with Crippen LogP contribution in [0.3, 0.4) is 0 Å². The molecule has 1 aliphatic rings. The summed E-state index contributed by atoms with van der Waals surface area (Å²) in [6, 6.07) is 10.0. The Morgan fingerprint density at radius 3 is 2.39 bits per heavy atom. The van der Waals surface area contributed by atoms with Crippen molar-refractivity contribution in [1.29, 1.82) is 0 Å². The minimum Gasteiger partial charge on any atom is -0.379 e. The molecule has 2 aromatic carbocycles. The van der Waals surface area contributed by atoms with Crippen LogP contribution in [0.2, 0.25) is 5.02 Å². The molecule has 0 saturated heterocycles. The number of halogens is 1. The summed E-state index contributed by atoms with van der Waals surface area (Å²) in [6.45, 7) is 5.85. The lowest BCUT2D eigenvalue weighted by molar-refractivity contribution is -0.114. The number of carbonyl (C=O) groups is 2. The number of nitrogens with zero attached hydrogens (tertiary/aromatic N) is 1. The maximum atomic E-state index is 12.9. The van der Waals surface area contributed by atoms with E-state index in [2.05, 4.69) is 10.6 Å². The van der Waals surface area contributed by atoms with Crippen molar-refractivity contribution in [2.75, 3.05) is 11.9 Å². The summed E-state index contributed by atoms with van der Waals surface area (Å²) >= 11 is 6.17. The molecule has 0 atom stereocenters. The predicted octanol–water partition coefficient (Wildman–Crippen LogP) is 4.40. The molecular formula is C23H28ClN3O5S. The lowest BCUT2D eigenvalue weighted by Crippen LogP contribution is -2.43. The van der Waals surface area contributed by atoms with Crippen LogP contribution < -0.4 is 14.8 Å². The van der Waals surface area contributed by atoms with E-state index in [1.807, 2.05) is 13.8 Å². The zero-order valence-electron chi connectivity index (χ0n) is 18.8. The first kappa shape index (κ1) is 24.9. The van der Waals surface area contributed by atoms with E-state index < -0.39 is 10.1 Å². The molecule has 0 aliphatic heterocycles. The Balaban J connectivity index is 1.83. The second-order valence-electron chi connectivity index (χ2n) is 8.42. The molecule has 1 saturated carbocycles. The van der Waals surface area contributed by atoms with Crippen LogP contribution in [0.5, 0.6) is 5.75 Å². The van der Waals surface area contributed by atoms with E-state index in [1.165, 1.54) is 43.3 Å². The molecule has 0 unspecified atom stereocenters. The monoisotopic (exact) mass is 493 g/mol. The van der Waals surface area contributed by atoms with Crippen molar-refractivity contribution in [3.8, 4) is 5.75 Å². The summed E-state index contributed by atoms with van der Waals surface area (Å²) in [6.07, 6.45) is 2.13. The Bertz CT molecular complexity index is 1120. The first-order chi connectivity index (χ1) is 15.5. The first-order valence-corrected chi connectivity index (χ1v) is 12.5. The van der Waals surface area contributed by atoms with E-state index >= 15 is 0 Å². The van der Waals surface area contributed by atoms with Crippen molar-refractivity contribution in [2.45, 2.75) is 51.1 Å². The smallest absolute Gasteiger partial charge is 0.339 e. The van der Waals surface area contributed by atoms with Gasteiger partial charge in [0, 0.05) is 35.8 Å². The standard InChI is InChI=1S/C23H28ClN3O5S/c1-15(2)25-23(29)27(13-17-4-5-17)14-18-12-19(24)6-11-22(18)32-33(30,31)21-9-7-20(8-10-21)26-16(3)28/h6-12,15,17H,4-5,13-14H2,1-3H3,(H,25,29)(H,26,28). The molecular weight excluding hydrogens is 466 g/mol. The van der Waals surface area contributed by atoms with Crippen LogP contribution in [-0.4, -0.2) is 37.8 Å². The fourth-order valence-corrected chi connectivity index (χ4v) is 4.36. The highest BCUT2D eigenvalue weighted by Crippen LogP contribution is 2.32. The van der Waals surface area contributed by atoms with Gasteiger partial charge in [0.2, 0.25) is 5.91 Å². The summed E-state index contributed by atoms with van der Waals surface area (Å²) in [5.74, 6) is 0.283. The van der Waals surface area contributed by atoms with Gasteiger partial charge in [-0.2, -0.15) is 8.42 Å². The molecule has 3 amide bonds. The van der Waals surface area contributed by atoms with E-state index in [0.29, 0.717) is 28.7 Å². The predicted molar refractivity (Wildman–Crippen MR) is 127 cm³/mol. The normalized spacial score (nSPS) is 13.5. The van der Waals surface area contributed by atoms with E-state index in [0.717, 1.165) is 12.8 Å². The number of anilines is 1. The minimum atomic E-state index is -4.15. The number of nitrogens with one attached hydrogen (secondary N) is 2. The van der Waals surface area contributed by atoms with E-state index in [4.69, 9.17) is 15.8 Å². The number of carbonyl (C=O) groups excluding carboxylic acids is 2. The van der Waals surface area contributed by atoms with E-state index in [-0.39, 0.29) is 35.2 Å². The van der Waals surface area contributed by atoms with Gasteiger partial charge in [0.15, 0.2) is 0 Å². The summed E-state index contributed by atoms with van der Waals surface area (Å²) in [5, 5.41) is 5.88. The SMILES string of the molecule is CC(=O)Nc1ccc(S(=O)(=O)Oc2ccc(Cl)cc2CN(CC2CC2)C(=O)NC(C)C)cc1. The molecule has 2 N–H and O–H groups in total. The molecule has 0 aromatic heterocycles. The number of rotatable bonds is 9. The number of urea groups is 1. The third-order valence-electron chi connectivity index (χ3n) is 4.92. The van der Waals surface area contributed by atoms with Crippen LogP contribution in [0.25, 0.3) is 0 Å². The van der Waals surface area contributed by atoms with Crippen molar-refractivity contribution in [2.24, 2.45) is 5.92 Å². The Morgan fingerprint density at radius 1 is 1.15 bits per heavy atom. The van der Waals surface area contributed by atoms with Crippen LogP contribution in [0.4, 0.5) is 10.5 Å². The van der Waals surface area contributed by atoms with Gasteiger partial charge >= 0.3 is 16.1 Å². The van der Waals surface area contributed by atoms with Gasteiger partial charge in [0.05, 0.1) is 6.54 Å². The number of hydrogen-bond donors (Lipinski definition) is 2. The van der Waals surface area contributed by atoms with Crippen molar-refractivity contribution in [3.63, 3.8) is 0 Å². The van der Waals surface area contributed by atoms with Crippen molar-refractivity contribution in [3.05, 3.63) is 53.1 Å². The largest absolute Gasteiger partial charge is 0.379 e. The lowest BCUT2D eigenvalue weighted by atomic mass is 10.2. The third-order valence-corrected chi connectivity index (χ3v) is 6.41. The van der Waals surface area contributed by atoms with Gasteiger partial charge in [-0.25, -0.2) is 4.79 Å². The molecule has 0 heterocycles. The second-order valence-corrected chi connectivity index (χ2v) is 10.4. The van der Waals surface area contributed by atoms with Crippen molar-refractivity contribution < 1.29 is 22.2 Å². The van der Waals surface area contributed by atoms with E-state index in [9.17, 15) is 18.0 Å². The second kappa shape index (κ2) is 10.4. The lowest BCUT2D eigenvalue weighted by Gasteiger charge is -2.25. The average molecular weight is 494 g/mol. The molecule has 0 radical (unpaired) electrons. The van der Waals surface area contributed by atoms with E-state index in [1.54, 1.807) is 11.0 Å². The van der Waals surface area contributed by atoms with Gasteiger partial charge in [0.1, 0.15) is 10.6 Å². The van der Waals surface area contributed by atoms with Gasteiger partial charge in [-0.15, -0.1) is 0 Å². The van der Waals surface area contributed by atoms with Crippen molar-refractivity contribution >= 4 is 39.3 Å². The summed E-state index contributed by atoms with van der Waals surface area (Å²) in [7, 11) is -4.15. The Morgan fingerprint density at radius 2 is 1.82 bits per heavy atom. The molecule has 10 heteroatoms. The van der Waals surface area contributed by atoms with Crippen LogP contribution in [0.1, 0.15) is 39.2 Å². The van der Waals surface area contributed by atoms with Gasteiger partial charge in [-0.3, -0.25) is 4.79 Å².